The Bertz CT molecular complexity index is 318. The van der Waals surface area contributed by atoms with Gasteiger partial charge in [-0.15, -0.1) is 0 Å². The Hall–Kier alpha value is -1.10. The molecule has 0 saturated carbocycles. The first-order valence-corrected chi connectivity index (χ1v) is 7.33. The molecule has 0 aromatic carbocycles. The standard InChI is InChI=1S/C14H27N3O2/c1-4-6-11(3)15-14(18)10-17-8-7-13(16-19)12(5-2)9-17/h11-12,19H,4-10H2,1-3H3,(H,15,18). The first-order valence-electron chi connectivity index (χ1n) is 7.33. The number of nitrogens with zero attached hydrogens (tertiary/aromatic N) is 2. The molecule has 0 aromatic rings. The first kappa shape index (κ1) is 16.0. The Morgan fingerprint density at radius 2 is 2.32 bits per heavy atom. The molecule has 1 aliphatic heterocycles. The minimum Gasteiger partial charge on any atom is -0.411 e. The van der Waals surface area contributed by atoms with Gasteiger partial charge in [-0.25, -0.2) is 0 Å². The van der Waals surface area contributed by atoms with Crippen molar-refractivity contribution in [1.29, 1.82) is 0 Å². The largest absolute Gasteiger partial charge is 0.411 e. The maximum atomic E-state index is 11.9. The number of amides is 1. The van der Waals surface area contributed by atoms with E-state index in [2.05, 4.69) is 29.2 Å². The molecule has 1 amide bonds. The molecule has 19 heavy (non-hydrogen) atoms. The quantitative estimate of drug-likeness (QED) is 0.571. The molecular formula is C14H27N3O2. The highest BCUT2D eigenvalue weighted by atomic mass is 16.4. The van der Waals surface area contributed by atoms with Crippen LogP contribution in [0.1, 0.15) is 46.5 Å². The Kier molecular flexibility index (Phi) is 6.84. The maximum absolute atomic E-state index is 11.9. The smallest absolute Gasteiger partial charge is 0.234 e. The molecule has 0 aliphatic carbocycles. The number of oxime groups is 1. The fourth-order valence-electron chi connectivity index (χ4n) is 2.65. The molecule has 5 nitrogen and oxygen atoms in total. The van der Waals surface area contributed by atoms with E-state index in [1.165, 1.54) is 0 Å². The fraction of sp³-hybridized carbons (Fsp3) is 0.857. The third-order valence-corrected chi connectivity index (χ3v) is 3.75. The highest BCUT2D eigenvalue weighted by molar-refractivity contribution is 5.87. The summed E-state index contributed by atoms with van der Waals surface area (Å²) in [5.41, 5.74) is 0.874. The van der Waals surface area contributed by atoms with Crippen LogP contribution in [-0.4, -0.2) is 47.4 Å². The minimum atomic E-state index is 0.0974. The lowest BCUT2D eigenvalue weighted by Crippen LogP contribution is -2.47. The lowest BCUT2D eigenvalue weighted by atomic mass is 9.93. The summed E-state index contributed by atoms with van der Waals surface area (Å²) >= 11 is 0. The van der Waals surface area contributed by atoms with Gasteiger partial charge in [-0.2, -0.15) is 0 Å². The summed E-state index contributed by atoms with van der Waals surface area (Å²) in [6, 6.07) is 0.249. The SMILES string of the molecule is CCCC(C)NC(=O)CN1CCC(=NO)C(CC)C1. The van der Waals surface area contributed by atoms with Crippen molar-refractivity contribution in [2.75, 3.05) is 19.6 Å². The number of hydrogen-bond donors (Lipinski definition) is 2. The van der Waals surface area contributed by atoms with Gasteiger partial charge < -0.3 is 10.5 Å². The second kappa shape index (κ2) is 8.15. The van der Waals surface area contributed by atoms with Gasteiger partial charge in [-0.05, 0) is 19.8 Å². The van der Waals surface area contributed by atoms with Crippen molar-refractivity contribution in [2.45, 2.75) is 52.5 Å². The molecule has 0 aromatic heterocycles. The van der Waals surface area contributed by atoms with E-state index in [0.717, 1.165) is 44.5 Å². The van der Waals surface area contributed by atoms with E-state index in [1.807, 2.05) is 6.92 Å². The van der Waals surface area contributed by atoms with Crippen LogP contribution in [0.4, 0.5) is 0 Å². The maximum Gasteiger partial charge on any atom is 0.234 e. The molecule has 0 bridgehead atoms. The predicted molar refractivity (Wildman–Crippen MR) is 76.6 cm³/mol. The van der Waals surface area contributed by atoms with E-state index >= 15 is 0 Å². The number of piperidine rings is 1. The van der Waals surface area contributed by atoms with Crippen LogP contribution in [0.3, 0.4) is 0 Å². The zero-order chi connectivity index (χ0) is 14.3. The lowest BCUT2D eigenvalue weighted by molar-refractivity contribution is -0.123. The molecule has 110 valence electrons. The van der Waals surface area contributed by atoms with Crippen LogP contribution >= 0.6 is 0 Å². The van der Waals surface area contributed by atoms with Crippen LogP contribution in [0.2, 0.25) is 0 Å². The highest BCUT2D eigenvalue weighted by Crippen LogP contribution is 2.17. The molecule has 0 radical (unpaired) electrons. The molecule has 1 aliphatic rings. The molecule has 1 heterocycles. The third-order valence-electron chi connectivity index (χ3n) is 3.75. The monoisotopic (exact) mass is 269 g/mol. The van der Waals surface area contributed by atoms with Gasteiger partial charge >= 0.3 is 0 Å². The molecule has 0 spiro atoms. The topological polar surface area (TPSA) is 64.9 Å². The van der Waals surface area contributed by atoms with Crippen molar-refractivity contribution in [1.82, 2.24) is 10.2 Å². The van der Waals surface area contributed by atoms with E-state index in [0.29, 0.717) is 6.54 Å². The van der Waals surface area contributed by atoms with Crippen LogP contribution in [-0.2, 0) is 4.79 Å². The summed E-state index contributed by atoms with van der Waals surface area (Å²) in [7, 11) is 0. The van der Waals surface area contributed by atoms with Gasteiger partial charge in [0.25, 0.3) is 0 Å². The zero-order valence-electron chi connectivity index (χ0n) is 12.4. The average Bonchev–Trinajstić information content (AvgIpc) is 2.38. The van der Waals surface area contributed by atoms with Crippen molar-refractivity contribution < 1.29 is 10.0 Å². The van der Waals surface area contributed by atoms with Crippen LogP contribution in [0.15, 0.2) is 5.16 Å². The summed E-state index contributed by atoms with van der Waals surface area (Å²) in [4.78, 5) is 14.1. The molecule has 2 atom stereocenters. The highest BCUT2D eigenvalue weighted by Gasteiger charge is 2.25. The van der Waals surface area contributed by atoms with Crippen LogP contribution in [0.25, 0.3) is 0 Å². The summed E-state index contributed by atoms with van der Waals surface area (Å²) in [5, 5.41) is 15.3. The van der Waals surface area contributed by atoms with Gasteiger partial charge in [-0.1, -0.05) is 25.4 Å². The summed E-state index contributed by atoms with van der Waals surface area (Å²) in [6.45, 7) is 8.31. The number of likely N-dealkylation sites (tertiary alicyclic amines) is 1. The molecule has 1 fully saturated rings. The Morgan fingerprint density at radius 1 is 1.58 bits per heavy atom. The van der Waals surface area contributed by atoms with Crippen LogP contribution in [0, 0.1) is 5.92 Å². The molecule has 1 saturated heterocycles. The van der Waals surface area contributed by atoms with Crippen LogP contribution in [0.5, 0.6) is 0 Å². The second-order valence-corrected chi connectivity index (χ2v) is 5.44. The molecular weight excluding hydrogens is 242 g/mol. The molecule has 2 unspecified atom stereocenters. The minimum absolute atomic E-state index is 0.0974. The Morgan fingerprint density at radius 3 is 2.89 bits per heavy atom. The average molecular weight is 269 g/mol. The second-order valence-electron chi connectivity index (χ2n) is 5.44. The summed E-state index contributed by atoms with van der Waals surface area (Å²) < 4.78 is 0. The van der Waals surface area contributed by atoms with E-state index in [-0.39, 0.29) is 17.9 Å². The Labute approximate surface area is 116 Å². The van der Waals surface area contributed by atoms with Crippen molar-refractivity contribution in [3.05, 3.63) is 0 Å². The molecule has 5 heteroatoms. The summed E-state index contributed by atoms with van der Waals surface area (Å²) in [6.07, 6.45) is 3.81. The van der Waals surface area contributed by atoms with Crippen molar-refractivity contribution in [2.24, 2.45) is 11.1 Å². The number of hydrogen-bond acceptors (Lipinski definition) is 4. The first-order chi connectivity index (χ1) is 9.10. The lowest BCUT2D eigenvalue weighted by Gasteiger charge is -2.32. The van der Waals surface area contributed by atoms with Gasteiger partial charge in [0.1, 0.15) is 0 Å². The number of rotatable bonds is 6. The zero-order valence-corrected chi connectivity index (χ0v) is 12.4. The number of carbonyl (C=O) groups is 1. The van der Waals surface area contributed by atoms with E-state index in [9.17, 15) is 4.79 Å². The van der Waals surface area contributed by atoms with E-state index in [1.54, 1.807) is 0 Å². The van der Waals surface area contributed by atoms with Crippen molar-refractivity contribution in [3.63, 3.8) is 0 Å². The van der Waals surface area contributed by atoms with E-state index < -0.39 is 0 Å². The predicted octanol–water partition coefficient (Wildman–Crippen LogP) is 1.85. The van der Waals surface area contributed by atoms with E-state index in [4.69, 9.17) is 5.21 Å². The number of nitrogens with one attached hydrogen (secondary N) is 1. The van der Waals surface area contributed by atoms with Crippen LogP contribution < -0.4 is 5.32 Å². The normalized spacial score (nSPS) is 24.4. The van der Waals surface area contributed by atoms with Crippen molar-refractivity contribution in [3.8, 4) is 0 Å². The molecule has 1 rings (SSSR count). The number of carbonyl (C=O) groups excluding carboxylic acids is 1. The summed E-state index contributed by atoms with van der Waals surface area (Å²) in [5.74, 6) is 0.375. The Balaban J connectivity index is 2.39. The van der Waals surface area contributed by atoms with Gasteiger partial charge in [0.05, 0.1) is 12.3 Å². The van der Waals surface area contributed by atoms with Gasteiger partial charge in [0.15, 0.2) is 0 Å². The molecule has 2 N–H and O–H groups in total. The van der Waals surface area contributed by atoms with Gasteiger partial charge in [-0.3, -0.25) is 9.69 Å². The van der Waals surface area contributed by atoms with Gasteiger partial charge in [0.2, 0.25) is 5.91 Å². The van der Waals surface area contributed by atoms with Crippen molar-refractivity contribution >= 4 is 11.6 Å². The fourth-order valence-corrected chi connectivity index (χ4v) is 2.65. The third kappa shape index (κ3) is 5.19. The van der Waals surface area contributed by atoms with Gasteiger partial charge in [0, 0.05) is 31.5 Å².